The van der Waals surface area contributed by atoms with Gasteiger partial charge in [-0.05, 0) is 12.1 Å². The number of carbonyl (C=O) groups is 1. The molecule has 0 saturated carbocycles. The summed E-state index contributed by atoms with van der Waals surface area (Å²) in [6.45, 7) is 1.27. The molecule has 1 fully saturated rings. The Bertz CT molecular complexity index is 917. The summed E-state index contributed by atoms with van der Waals surface area (Å²) in [5.41, 5.74) is 1.38. The third-order valence-electron chi connectivity index (χ3n) is 4.68. The van der Waals surface area contributed by atoms with Gasteiger partial charge in [-0.25, -0.2) is 0 Å². The van der Waals surface area contributed by atoms with Gasteiger partial charge in [0.2, 0.25) is 5.91 Å². The number of hydrogen-bond donors (Lipinski definition) is 0. The fourth-order valence-electron chi connectivity index (χ4n) is 3.16. The molecule has 140 valence electrons. The summed E-state index contributed by atoms with van der Waals surface area (Å²) in [6, 6.07) is 7.90. The van der Waals surface area contributed by atoms with Gasteiger partial charge in [0.15, 0.2) is 11.3 Å². The molecule has 1 amide bonds. The highest BCUT2D eigenvalue weighted by Gasteiger charge is 2.25. The summed E-state index contributed by atoms with van der Waals surface area (Å²) in [5.74, 6) is 0.636. The molecule has 0 aliphatic carbocycles. The van der Waals surface area contributed by atoms with Crippen LogP contribution in [0.2, 0.25) is 0 Å². The van der Waals surface area contributed by atoms with Crippen LogP contribution in [-0.2, 0) is 11.2 Å². The monoisotopic (exact) mass is 368 g/mol. The SMILES string of the molecule is COc1cnc(OC2CCN(C(=O)Cc3noc4ccccc34)CC2)nc1. The lowest BCUT2D eigenvalue weighted by atomic mass is 10.1. The molecule has 4 rings (SSSR count). The predicted molar refractivity (Wildman–Crippen MR) is 96.5 cm³/mol. The number of rotatable bonds is 5. The Morgan fingerprint density at radius 2 is 1.96 bits per heavy atom. The highest BCUT2D eigenvalue weighted by Crippen LogP contribution is 2.21. The van der Waals surface area contributed by atoms with Crippen LogP contribution in [0, 0.1) is 0 Å². The van der Waals surface area contributed by atoms with Gasteiger partial charge in [0.25, 0.3) is 0 Å². The van der Waals surface area contributed by atoms with Crippen molar-refractivity contribution in [3.8, 4) is 11.8 Å². The third-order valence-corrected chi connectivity index (χ3v) is 4.68. The van der Waals surface area contributed by atoms with E-state index in [2.05, 4.69) is 15.1 Å². The predicted octanol–water partition coefficient (Wildman–Crippen LogP) is 2.24. The van der Waals surface area contributed by atoms with E-state index >= 15 is 0 Å². The average Bonchev–Trinajstić information content (AvgIpc) is 3.12. The Labute approximate surface area is 156 Å². The van der Waals surface area contributed by atoms with Gasteiger partial charge < -0.3 is 18.9 Å². The molecule has 0 spiro atoms. The lowest BCUT2D eigenvalue weighted by Gasteiger charge is -2.31. The molecule has 0 unspecified atom stereocenters. The Kier molecular flexibility index (Phi) is 4.86. The first-order valence-corrected chi connectivity index (χ1v) is 8.86. The molecule has 8 nitrogen and oxygen atoms in total. The molecular weight excluding hydrogens is 348 g/mol. The number of ether oxygens (including phenoxy) is 2. The zero-order valence-electron chi connectivity index (χ0n) is 15.0. The number of para-hydroxylation sites is 1. The minimum Gasteiger partial charge on any atom is -0.494 e. The number of methoxy groups -OCH3 is 1. The maximum Gasteiger partial charge on any atom is 0.316 e. The van der Waals surface area contributed by atoms with Crippen LogP contribution in [0.25, 0.3) is 11.0 Å². The molecule has 3 heterocycles. The van der Waals surface area contributed by atoms with Crippen LogP contribution >= 0.6 is 0 Å². The lowest BCUT2D eigenvalue weighted by molar-refractivity contribution is -0.132. The van der Waals surface area contributed by atoms with Gasteiger partial charge in [-0.1, -0.05) is 17.3 Å². The van der Waals surface area contributed by atoms with Crippen molar-refractivity contribution in [1.29, 1.82) is 0 Å². The number of piperidine rings is 1. The minimum atomic E-state index is -0.00433. The van der Waals surface area contributed by atoms with Gasteiger partial charge in [-0.3, -0.25) is 4.79 Å². The molecule has 1 saturated heterocycles. The van der Waals surface area contributed by atoms with Crippen molar-refractivity contribution in [2.75, 3.05) is 20.2 Å². The zero-order valence-corrected chi connectivity index (χ0v) is 15.0. The molecule has 8 heteroatoms. The summed E-state index contributed by atoms with van der Waals surface area (Å²) in [4.78, 5) is 22.7. The second-order valence-electron chi connectivity index (χ2n) is 6.41. The molecule has 1 aromatic carbocycles. The van der Waals surface area contributed by atoms with Gasteiger partial charge in [-0.15, -0.1) is 0 Å². The molecular formula is C19H20N4O4. The Morgan fingerprint density at radius 3 is 2.70 bits per heavy atom. The third kappa shape index (κ3) is 3.84. The summed E-state index contributed by atoms with van der Waals surface area (Å²) in [6.07, 6.45) is 4.85. The highest BCUT2D eigenvalue weighted by molar-refractivity contribution is 5.86. The average molecular weight is 368 g/mol. The summed E-state index contributed by atoms with van der Waals surface area (Å²) >= 11 is 0. The molecule has 2 aromatic heterocycles. The van der Waals surface area contributed by atoms with E-state index in [0.717, 1.165) is 18.2 Å². The fraction of sp³-hybridized carbons (Fsp3) is 0.368. The van der Waals surface area contributed by atoms with Gasteiger partial charge in [0.05, 0.1) is 25.9 Å². The van der Waals surface area contributed by atoms with E-state index in [1.165, 1.54) is 0 Å². The van der Waals surface area contributed by atoms with Crippen LogP contribution in [0.4, 0.5) is 0 Å². The van der Waals surface area contributed by atoms with Crippen molar-refractivity contribution in [3.63, 3.8) is 0 Å². The smallest absolute Gasteiger partial charge is 0.316 e. The zero-order chi connectivity index (χ0) is 18.6. The molecule has 1 aliphatic heterocycles. The van der Waals surface area contributed by atoms with Crippen molar-refractivity contribution in [2.45, 2.75) is 25.4 Å². The number of fused-ring (bicyclic) bond motifs is 1. The second kappa shape index (κ2) is 7.61. The number of nitrogens with zero attached hydrogens (tertiary/aromatic N) is 4. The fourth-order valence-corrected chi connectivity index (χ4v) is 3.16. The van der Waals surface area contributed by atoms with E-state index in [0.29, 0.717) is 36.1 Å². The van der Waals surface area contributed by atoms with Gasteiger partial charge in [0.1, 0.15) is 11.8 Å². The van der Waals surface area contributed by atoms with Crippen LogP contribution in [0.5, 0.6) is 11.8 Å². The Morgan fingerprint density at radius 1 is 1.22 bits per heavy atom. The number of aromatic nitrogens is 3. The van der Waals surface area contributed by atoms with Crippen LogP contribution in [0.1, 0.15) is 18.5 Å². The first kappa shape index (κ1) is 17.3. The van der Waals surface area contributed by atoms with Crippen LogP contribution in [-0.4, -0.2) is 52.2 Å². The molecule has 3 aromatic rings. The van der Waals surface area contributed by atoms with Crippen LogP contribution < -0.4 is 9.47 Å². The maximum atomic E-state index is 12.6. The standard InChI is InChI=1S/C19H20N4O4/c1-25-14-11-20-19(21-12-14)26-13-6-8-23(9-7-13)18(24)10-16-15-4-2-3-5-17(15)27-22-16/h2-5,11-13H,6-10H2,1H3. The first-order chi connectivity index (χ1) is 13.2. The van der Waals surface area contributed by atoms with E-state index in [-0.39, 0.29) is 18.4 Å². The quantitative estimate of drug-likeness (QED) is 0.682. The summed E-state index contributed by atoms with van der Waals surface area (Å²) in [5, 5.41) is 4.93. The van der Waals surface area contributed by atoms with Gasteiger partial charge >= 0.3 is 6.01 Å². The number of amides is 1. The van der Waals surface area contributed by atoms with Gasteiger partial charge in [0, 0.05) is 31.3 Å². The second-order valence-corrected chi connectivity index (χ2v) is 6.41. The van der Waals surface area contributed by atoms with Crippen molar-refractivity contribution >= 4 is 16.9 Å². The van der Waals surface area contributed by atoms with E-state index in [9.17, 15) is 4.79 Å². The molecule has 0 bridgehead atoms. The van der Waals surface area contributed by atoms with Crippen molar-refractivity contribution < 1.29 is 18.8 Å². The van der Waals surface area contributed by atoms with E-state index < -0.39 is 0 Å². The molecule has 27 heavy (non-hydrogen) atoms. The van der Waals surface area contributed by atoms with E-state index in [1.54, 1.807) is 19.5 Å². The molecule has 0 atom stereocenters. The van der Waals surface area contributed by atoms with Crippen LogP contribution in [0.15, 0.2) is 41.2 Å². The molecule has 0 N–H and O–H groups in total. The largest absolute Gasteiger partial charge is 0.494 e. The first-order valence-electron chi connectivity index (χ1n) is 8.86. The lowest BCUT2D eigenvalue weighted by Crippen LogP contribution is -2.42. The van der Waals surface area contributed by atoms with E-state index in [1.807, 2.05) is 29.2 Å². The normalized spacial score (nSPS) is 15.1. The van der Waals surface area contributed by atoms with Crippen molar-refractivity contribution in [3.05, 3.63) is 42.4 Å². The highest BCUT2D eigenvalue weighted by atomic mass is 16.5. The van der Waals surface area contributed by atoms with Crippen molar-refractivity contribution in [1.82, 2.24) is 20.0 Å². The van der Waals surface area contributed by atoms with Crippen molar-refractivity contribution in [2.24, 2.45) is 0 Å². The summed E-state index contributed by atoms with van der Waals surface area (Å²) < 4.78 is 16.1. The van der Waals surface area contributed by atoms with Gasteiger partial charge in [-0.2, -0.15) is 9.97 Å². The maximum absolute atomic E-state index is 12.6. The summed E-state index contributed by atoms with van der Waals surface area (Å²) in [7, 11) is 1.56. The van der Waals surface area contributed by atoms with E-state index in [4.69, 9.17) is 14.0 Å². The Hall–Kier alpha value is -3.16. The number of hydrogen-bond acceptors (Lipinski definition) is 7. The Balaban J connectivity index is 1.31. The molecule has 0 radical (unpaired) electrons. The topological polar surface area (TPSA) is 90.6 Å². The minimum absolute atomic E-state index is 0.00433. The number of benzene rings is 1. The number of carbonyl (C=O) groups excluding carboxylic acids is 1. The van der Waals surface area contributed by atoms with Crippen LogP contribution in [0.3, 0.4) is 0 Å². The number of likely N-dealkylation sites (tertiary alicyclic amines) is 1. The molecule has 1 aliphatic rings.